The first-order valence-corrected chi connectivity index (χ1v) is 9.65. The van der Waals surface area contributed by atoms with Crippen LogP contribution in [0.15, 0.2) is 47.7 Å². The van der Waals surface area contributed by atoms with Crippen molar-refractivity contribution >= 4 is 5.96 Å². The minimum atomic E-state index is -0.244. The van der Waals surface area contributed by atoms with E-state index in [0.717, 1.165) is 37.7 Å². The maximum absolute atomic E-state index is 5.45. The van der Waals surface area contributed by atoms with Gasteiger partial charge in [-0.1, -0.05) is 30.3 Å². The van der Waals surface area contributed by atoms with Crippen LogP contribution in [0.25, 0.3) is 0 Å². The Morgan fingerprint density at radius 3 is 2.70 bits per heavy atom. The molecule has 148 valence electrons. The summed E-state index contributed by atoms with van der Waals surface area (Å²) in [5.41, 5.74) is 1.13. The molecule has 0 spiro atoms. The first-order chi connectivity index (χ1) is 13.0. The van der Waals surface area contributed by atoms with Crippen LogP contribution in [0.3, 0.4) is 0 Å². The topological polar surface area (TPSA) is 63.5 Å². The maximum Gasteiger partial charge on any atom is 0.191 e. The average molecular weight is 372 g/mol. The first kappa shape index (κ1) is 21.0. The molecule has 0 atom stereocenters. The van der Waals surface area contributed by atoms with Crippen molar-refractivity contribution in [3.05, 3.63) is 54.1 Å². The zero-order valence-corrected chi connectivity index (χ0v) is 17.0. The number of rotatable bonds is 10. The Balaban J connectivity index is 1.89. The van der Waals surface area contributed by atoms with Crippen molar-refractivity contribution in [3.8, 4) is 0 Å². The normalized spacial score (nSPS) is 12.2. The fraction of sp³-hybridized carbons (Fsp3) is 0.524. The molecule has 0 bridgehead atoms. The highest BCUT2D eigenvalue weighted by atomic mass is 16.5. The largest absolute Gasteiger partial charge is 0.377 e. The molecule has 6 heteroatoms. The highest BCUT2D eigenvalue weighted by Crippen LogP contribution is 2.07. The van der Waals surface area contributed by atoms with Gasteiger partial charge in [-0.15, -0.1) is 0 Å². The minimum absolute atomic E-state index is 0.244. The highest BCUT2D eigenvalue weighted by Gasteiger charge is 2.16. The van der Waals surface area contributed by atoms with E-state index in [4.69, 9.17) is 4.74 Å². The lowest BCUT2D eigenvalue weighted by atomic mass is 10.1. The molecule has 0 unspecified atom stereocenters. The van der Waals surface area contributed by atoms with E-state index in [2.05, 4.69) is 62.4 Å². The Labute approximate surface area is 163 Å². The number of hydrogen-bond acceptors (Lipinski definition) is 3. The number of guanidine groups is 1. The maximum atomic E-state index is 5.45. The third-order valence-corrected chi connectivity index (χ3v) is 4.47. The summed E-state index contributed by atoms with van der Waals surface area (Å²) in [6, 6.07) is 10.6. The van der Waals surface area contributed by atoms with Gasteiger partial charge in [-0.25, -0.2) is 9.98 Å². The Hall–Kier alpha value is -2.34. The summed E-state index contributed by atoms with van der Waals surface area (Å²) in [4.78, 5) is 9.15. The van der Waals surface area contributed by atoms with Crippen LogP contribution in [0, 0.1) is 0 Å². The van der Waals surface area contributed by atoms with Crippen LogP contribution < -0.4 is 10.6 Å². The number of nitrogens with one attached hydrogen (secondary N) is 2. The molecule has 6 nitrogen and oxygen atoms in total. The van der Waals surface area contributed by atoms with Gasteiger partial charge in [0, 0.05) is 39.1 Å². The van der Waals surface area contributed by atoms with Crippen LogP contribution in [0.5, 0.6) is 0 Å². The summed E-state index contributed by atoms with van der Waals surface area (Å²) >= 11 is 0. The Morgan fingerprint density at radius 1 is 1.22 bits per heavy atom. The van der Waals surface area contributed by atoms with E-state index in [9.17, 15) is 0 Å². The number of aliphatic imine (C=N–C) groups is 1. The quantitative estimate of drug-likeness (QED) is 0.498. The molecule has 0 saturated heterocycles. The number of aromatic nitrogens is 2. The van der Waals surface area contributed by atoms with Crippen molar-refractivity contribution in [2.45, 2.75) is 52.3 Å². The van der Waals surface area contributed by atoms with Crippen LogP contribution in [0.1, 0.15) is 38.6 Å². The van der Waals surface area contributed by atoms with Crippen LogP contribution in [-0.4, -0.2) is 41.3 Å². The predicted octanol–water partition coefficient (Wildman–Crippen LogP) is 3.00. The lowest BCUT2D eigenvalue weighted by Crippen LogP contribution is -2.45. The Bertz CT molecular complexity index is 694. The van der Waals surface area contributed by atoms with E-state index in [1.807, 2.05) is 26.2 Å². The molecule has 0 aliphatic rings. The average Bonchev–Trinajstić information content (AvgIpc) is 3.12. The van der Waals surface area contributed by atoms with E-state index in [1.165, 1.54) is 5.56 Å². The van der Waals surface area contributed by atoms with E-state index >= 15 is 0 Å². The smallest absolute Gasteiger partial charge is 0.191 e. The second kappa shape index (κ2) is 10.7. The van der Waals surface area contributed by atoms with Crippen LogP contribution >= 0.6 is 0 Å². The molecule has 0 radical (unpaired) electrons. The van der Waals surface area contributed by atoms with Gasteiger partial charge in [-0.3, -0.25) is 0 Å². The summed E-state index contributed by atoms with van der Waals surface area (Å²) in [7, 11) is 1.72. The number of nitrogens with zero attached hydrogens (tertiary/aromatic N) is 3. The van der Waals surface area contributed by atoms with Crippen molar-refractivity contribution in [2.24, 2.45) is 4.99 Å². The first-order valence-electron chi connectivity index (χ1n) is 9.65. The van der Waals surface area contributed by atoms with Crippen LogP contribution in [-0.2, 0) is 24.2 Å². The molecule has 0 amide bonds. The fourth-order valence-corrected chi connectivity index (χ4v) is 2.65. The number of benzene rings is 1. The van der Waals surface area contributed by atoms with Gasteiger partial charge in [0.1, 0.15) is 12.4 Å². The molecule has 1 aromatic heterocycles. The molecule has 2 N–H and O–H groups in total. The van der Waals surface area contributed by atoms with Crippen molar-refractivity contribution < 1.29 is 4.74 Å². The number of hydrogen-bond donors (Lipinski definition) is 2. The summed E-state index contributed by atoms with van der Waals surface area (Å²) in [6.45, 7) is 9.13. The Morgan fingerprint density at radius 2 is 2.00 bits per heavy atom. The number of ether oxygens (including phenoxy) is 1. The summed E-state index contributed by atoms with van der Waals surface area (Å²) in [5.74, 6) is 1.76. The zero-order valence-electron chi connectivity index (χ0n) is 17.0. The summed E-state index contributed by atoms with van der Waals surface area (Å²) in [5, 5.41) is 6.61. The molecule has 1 aromatic carbocycles. The molecule has 0 saturated carbocycles. The molecule has 0 aliphatic carbocycles. The predicted molar refractivity (Wildman–Crippen MR) is 111 cm³/mol. The molecular formula is C21H33N5O. The van der Waals surface area contributed by atoms with Gasteiger partial charge < -0.3 is 19.9 Å². The number of aryl methyl sites for hydroxylation is 2. The molecule has 2 rings (SSSR count). The molecule has 27 heavy (non-hydrogen) atoms. The van der Waals surface area contributed by atoms with E-state index in [0.29, 0.717) is 13.1 Å². The van der Waals surface area contributed by atoms with Crippen LogP contribution in [0.2, 0.25) is 0 Å². The lowest BCUT2D eigenvalue weighted by Gasteiger charge is -2.24. The standard InChI is InChI=1S/C21H33N5O/c1-5-22-20(25-17-21(2,3)27-4)24-16-19-23-13-15-26(19)14-9-12-18-10-7-6-8-11-18/h6-8,10-11,13,15H,5,9,12,14,16-17H2,1-4H3,(H2,22,24,25). The van der Waals surface area contributed by atoms with Gasteiger partial charge in [0.05, 0.1) is 5.60 Å². The Kier molecular flexibility index (Phi) is 8.33. The molecule has 0 aliphatic heterocycles. The molecular weight excluding hydrogens is 338 g/mol. The second-order valence-electron chi connectivity index (χ2n) is 7.14. The third-order valence-electron chi connectivity index (χ3n) is 4.47. The van der Waals surface area contributed by atoms with Gasteiger partial charge >= 0.3 is 0 Å². The molecule has 0 fully saturated rings. The van der Waals surface area contributed by atoms with Crippen molar-refractivity contribution in [1.29, 1.82) is 0 Å². The monoisotopic (exact) mass is 371 g/mol. The lowest BCUT2D eigenvalue weighted by molar-refractivity contribution is 0.0268. The van der Waals surface area contributed by atoms with E-state index in [1.54, 1.807) is 7.11 Å². The van der Waals surface area contributed by atoms with Gasteiger partial charge in [0.25, 0.3) is 0 Å². The third kappa shape index (κ3) is 7.43. The van der Waals surface area contributed by atoms with Gasteiger partial charge in [0.15, 0.2) is 5.96 Å². The van der Waals surface area contributed by atoms with E-state index < -0.39 is 0 Å². The second-order valence-corrected chi connectivity index (χ2v) is 7.14. The minimum Gasteiger partial charge on any atom is -0.377 e. The number of imidazole rings is 1. The summed E-state index contributed by atoms with van der Waals surface area (Å²) < 4.78 is 7.64. The van der Waals surface area contributed by atoms with Crippen molar-refractivity contribution in [1.82, 2.24) is 20.2 Å². The zero-order chi connectivity index (χ0) is 19.5. The van der Waals surface area contributed by atoms with Crippen molar-refractivity contribution in [2.75, 3.05) is 20.2 Å². The van der Waals surface area contributed by atoms with Gasteiger partial charge in [-0.2, -0.15) is 0 Å². The van der Waals surface area contributed by atoms with Crippen LogP contribution in [0.4, 0.5) is 0 Å². The molecule has 1 heterocycles. The number of methoxy groups -OCH3 is 1. The summed E-state index contributed by atoms with van der Waals surface area (Å²) in [6.07, 6.45) is 6.03. The highest BCUT2D eigenvalue weighted by molar-refractivity contribution is 5.79. The van der Waals surface area contributed by atoms with E-state index in [-0.39, 0.29) is 5.60 Å². The fourth-order valence-electron chi connectivity index (χ4n) is 2.65. The van der Waals surface area contributed by atoms with Crippen molar-refractivity contribution in [3.63, 3.8) is 0 Å². The SMILES string of the molecule is CCNC(=NCc1nccn1CCCc1ccccc1)NCC(C)(C)OC. The molecule has 2 aromatic rings. The van der Waals surface area contributed by atoms with Gasteiger partial charge in [-0.05, 0) is 39.2 Å². The van der Waals surface area contributed by atoms with Gasteiger partial charge in [0.2, 0.25) is 0 Å².